The van der Waals surface area contributed by atoms with Crippen molar-refractivity contribution in [1.29, 1.82) is 0 Å². The van der Waals surface area contributed by atoms with Crippen LogP contribution in [0.2, 0.25) is 0 Å². The molecule has 0 bridgehead atoms. The summed E-state index contributed by atoms with van der Waals surface area (Å²) >= 11 is 0. The fourth-order valence-electron chi connectivity index (χ4n) is 1.68. The smallest absolute Gasteiger partial charge is 0.151 e. The van der Waals surface area contributed by atoms with Gasteiger partial charge in [0, 0.05) is 18.4 Å². The molecule has 0 aliphatic heterocycles. The third-order valence-electron chi connectivity index (χ3n) is 2.50. The van der Waals surface area contributed by atoms with Crippen LogP contribution < -0.4 is 10.5 Å². The van der Waals surface area contributed by atoms with Gasteiger partial charge in [-0.05, 0) is 12.6 Å². The molecule has 1 aromatic carbocycles. The van der Waals surface area contributed by atoms with Gasteiger partial charge in [-0.25, -0.2) is 4.98 Å². The maximum Gasteiger partial charge on any atom is 0.151 e. The van der Waals surface area contributed by atoms with Crippen LogP contribution in [-0.4, -0.2) is 28.8 Å². The molecule has 5 nitrogen and oxygen atoms in total. The zero-order valence-corrected chi connectivity index (χ0v) is 9.81. The van der Waals surface area contributed by atoms with Crippen molar-refractivity contribution in [2.24, 2.45) is 5.73 Å². The quantitative estimate of drug-likeness (QED) is 0.803. The predicted octanol–water partition coefficient (Wildman–Crippen LogP) is 0.905. The number of aromatic amines is 1. The van der Waals surface area contributed by atoms with Crippen LogP contribution in [0.25, 0.3) is 0 Å². The average Bonchev–Trinajstić information content (AvgIpc) is 2.78. The summed E-state index contributed by atoms with van der Waals surface area (Å²) < 4.78 is 5.29. The van der Waals surface area contributed by atoms with E-state index in [2.05, 4.69) is 15.2 Å². The van der Waals surface area contributed by atoms with E-state index in [0.29, 0.717) is 19.4 Å². The Hall–Kier alpha value is -1.88. The van der Waals surface area contributed by atoms with E-state index in [0.717, 1.165) is 23.0 Å². The summed E-state index contributed by atoms with van der Waals surface area (Å²) in [5, 5.41) is 7.02. The Morgan fingerprint density at radius 3 is 2.94 bits per heavy atom. The van der Waals surface area contributed by atoms with Crippen molar-refractivity contribution in [1.82, 2.24) is 15.2 Å². The van der Waals surface area contributed by atoms with Gasteiger partial charge < -0.3 is 10.5 Å². The van der Waals surface area contributed by atoms with E-state index in [1.807, 2.05) is 24.3 Å². The number of ether oxygens (including phenoxy) is 1. The molecule has 1 heterocycles. The first kappa shape index (κ1) is 11.6. The molecule has 3 N–H and O–H groups in total. The average molecular weight is 232 g/mol. The lowest BCUT2D eigenvalue weighted by molar-refractivity contribution is 0.410. The van der Waals surface area contributed by atoms with E-state index in [4.69, 9.17) is 10.5 Å². The lowest BCUT2D eigenvalue weighted by Crippen LogP contribution is -2.04. The summed E-state index contributed by atoms with van der Waals surface area (Å²) in [6.07, 6.45) is 1.38. The zero-order chi connectivity index (χ0) is 12.1. The minimum Gasteiger partial charge on any atom is -0.496 e. The summed E-state index contributed by atoms with van der Waals surface area (Å²) in [6, 6.07) is 7.88. The number of nitrogens with two attached hydrogens (primary N) is 1. The van der Waals surface area contributed by atoms with Gasteiger partial charge in [-0.3, -0.25) is 5.10 Å². The van der Waals surface area contributed by atoms with E-state index in [9.17, 15) is 0 Å². The molecule has 0 radical (unpaired) electrons. The second kappa shape index (κ2) is 5.45. The summed E-state index contributed by atoms with van der Waals surface area (Å²) in [5.74, 6) is 2.46. The Kier molecular flexibility index (Phi) is 3.72. The summed E-state index contributed by atoms with van der Waals surface area (Å²) in [5.41, 5.74) is 6.54. The van der Waals surface area contributed by atoms with E-state index < -0.39 is 0 Å². The Labute approximate surface area is 100 Å². The van der Waals surface area contributed by atoms with Crippen molar-refractivity contribution in [3.8, 4) is 5.75 Å². The Morgan fingerprint density at radius 2 is 2.18 bits per heavy atom. The molecule has 0 saturated heterocycles. The lowest BCUT2D eigenvalue weighted by atomic mass is 10.1. The second-order valence-electron chi connectivity index (χ2n) is 3.73. The van der Waals surface area contributed by atoms with Crippen LogP contribution in [-0.2, 0) is 12.8 Å². The number of methoxy groups -OCH3 is 1. The molecule has 0 atom stereocenters. The van der Waals surface area contributed by atoms with Crippen molar-refractivity contribution in [2.75, 3.05) is 13.7 Å². The van der Waals surface area contributed by atoms with Crippen LogP contribution in [0.5, 0.6) is 5.75 Å². The van der Waals surface area contributed by atoms with Crippen molar-refractivity contribution < 1.29 is 4.74 Å². The number of nitrogens with zero attached hydrogens (tertiary/aromatic N) is 2. The Bertz CT molecular complexity index is 481. The molecule has 2 aromatic rings. The number of nitrogens with one attached hydrogen (secondary N) is 1. The van der Waals surface area contributed by atoms with Crippen LogP contribution in [0.3, 0.4) is 0 Å². The van der Waals surface area contributed by atoms with Gasteiger partial charge in [0.05, 0.1) is 7.11 Å². The number of aromatic nitrogens is 3. The Morgan fingerprint density at radius 1 is 1.35 bits per heavy atom. The second-order valence-corrected chi connectivity index (χ2v) is 3.73. The molecule has 0 saturated carbocycles. The largest absolute Gasteiger partial charge is 0.496 e. The molecule has 1 aromatic heterocycles. The molecule has 5 heteroatoms. The van der Waals surface area contributed by atoms with Gasteiger partial charge in [0.25, 0.3) is 0 Å². The number of hydrogen-bond acceptors (Lipinski definition) is 4. The molecule has 2 rings (SSSR count). The maximum atomic E-state index is 5.45. The first-order chi connectivity index (χ1) is 8.33. The van der Waals surface area contributed by atoms with Crippen LogP contribution in [0, 0.1) is 0 Å². The highest BCUT2D eigenvalue weighted by Crippen LogP contribution is 2.19. The standard InChI is InChI=1S/C12H16N4O/c1-17-10-5-3-2-4-9(10)8-12-14-11(6-7-13)15-16-12/h2-5H,6-8,13H2,1H3,(H,14,15,16). The Balaban J connectivity index is 2.13. The first-order valence-corrected chi connectivity index (χ1v) is 5.55. The van der Waals surface area contributed by atoms with E-state index in [1.165, 1.54) is 0 Å². The van der Waals surface area contributed by atoms with Crippen molar-refractivity contribution >= 4 is 0 Å². The van der Waals surface area contributed by atoms with E-state index in [1.54, 1.807) is 7.11 Å². The summed E-state index contributed by atoms with van der Waals surface area (Å²) in [4.78, 5) is 4.37. The SMILES string of the molecule is COc1ccccc1Cc1nc(CCN)n[nH]1. The van der Waals surface area contributed by atoms with Gasteiger partial charge in [0.2, 0.25) is 0 Å². The van der Waals surface area contributed by atoms with Gasteiger partial charge in [-0.2, -0.15) is 5.10 Å². The van der Waals surface area contributed by atoms with Gasteiger partial charge >= 0.3 is 0 Å². The fraction of sp³-hybridized carbons (Fsp3) is 0.333. The minimum atomic E-state index is 0.561. The predicted molar refractivity (Wildman–Crippen MR) is 64.9 cm³/mol. The highest BCUT2D eigenvalue weighted by Gasteiger charge is 2.07. The topological polar surface area (TPSA) is 76.8 Å². The number of benzene rings is 1. The number of H-pyrrole nitrogens is 1. The molecular weight excluding hydrogens is 216 g/mol. The van der Waals surface area contributed by atoms with Gasteiger partial charge in [0.1, 0.15) is 11.6 Å². The number of rotatable bonds is 5. The van der Waals surface area contributed by atoms with Gasteiger partial charge in [0.15, 0.2) is 5.82 Å². The van der Waals surface area contributed by atoms with Crippen molar-refractivity contribution in [3.63, 3.8) is 0 Å². The van der Waals surface area contributed by atoms with E-state index in [-0.39, 0.29) is 0 Å². The van der Waals surface area contributed by atoms with Crippen LogP contribution in [0.1, 0.15) is 17.2 Å². The van der Waals surface area contributed by atoms with E-state index >= 15 is 0 Å². The molecule has 0 unspecified atom stereocenters. The highest BCUT2D eigenvalue weighted by atomic mass is 16.5. The molecule has 0 aliphatic rings. The zero-order valence-electron chi connectivity index (χ0n) is 9.81. The monoisotopic (exact) mass is 232 g/mol. The third-order valence-corrected chi connectivity index (χ3v) is 2.50. The van der Waals surface area contributed by atoms with Crippen LogP contribution in [0.4, 0.5) is 0 Å². The normalized spacial score (nSPS) is 10.5. The molecule has 17 heavy (non-hydrogen) atoms. The molecule has 0 spiro atoms. The summed E-state index contributed by atoms with van der Waals surface area (Å²) in [7, 11) is 1.67. The van der Waals surface area contributed by atoms with Crippen LogP contribution >= 0.6 is 0 Å². The summed E-state index contributed by atoms with van der Waals surface area (Å²) in [6.45, 7) is 0.561. The van der Waals surface area contributed by atoms with Gasteiger partial charge in [-0.15, -0.1) is 0 Å². The number of para-hydroxylation sites is 1. The minimum absolute atomic E-state index is 0.561. The maximum absolute atomic E-state index is 5.45. The van der Waals surface area contributed by atoms with Crippen molar-refractivity contribution in [3.05, 3.63) is 41.5 Å². The molecule has 0 aliphatic carbocycles. The molecule has 90 valence electrons. The highest BCUT2D eigenvalue weighted by molar-refractivity contribution is 5.35. The third kappa shape index (κ3) is 2.82. The molecule has 0 amide bonds. The molecular formula is C12H16N4O. The first-order valence-electron chi connectivity index (χ1n) is 5.55. The lowest BCUT2D eigenvalue weighted by Gasteiger charge is -2.05. The van der Waals surface area contributed by atoms with Crippen molar-refractivity contribution in [2.45, 2.75) is 12.8 Å². The van der Waals surface area contributed by atoms with Gasteiger partial charge in [-0.1, -0.05) is 18.2 Å². The number of hydrogen-bond donors (Lipinski definition) is 2. The fourth-order valence-corrected chi connectivity index (χ4v) is 1.68. The van der Waals surface area contributed by atoms with Crippen LogP contribution in [0.15, 0.2) is 24.3 Å². The molecule has 0 fully saturated rings.